The number of amides is 1. The molecule has 2 aromatic carbocycles. The summed E-state index contributed by atoms with van der Waals surface area (Å²) >= 11 is 0. The number of hydrazone groups is 1. The van der Waals surface area contributed by atoms with E-state index in [0.717, 1.165) is 6.07 Å². The summed E-state index contributed by atoms with van der Waals surface area (Å²) in [7, 11) is 0. The van der Waals surface area contributed by atoms with Gasteiger partial charge in [0.2, 0.25) is 0 Å². The van der Waals surface area contributed by atoms with Crippen molar-refractivity contribution in [2.45, 2.75) is 13.8 Å². The highest BCUT2D eigenvalue weighted by Gasteiger charge is 2.16. The number of benzene rings is 2. The Morgan fingerprint density at radius 2 is 1.70 bits per heavy atom. The number of carbonyl (C=O) groups is 1. The highest BCUT2D eigenvalue weighted by Crippen LogP contribution is 2.18. The average molecular weight is 409 g/mol. The minimum absolute atomic E-state index is 0.0812. The molecule has 1 heterocycles. The van der Waals surface area contributed by atoms with Gasteiger partial charge in [-0.2, -0.15) is 5.10 Å². The minimum Gasteiger partial charge on any atom is -0.267 e. The molecule has 0 spiro atoms. The first-order chi connectivity index (χ1) is 14.3. The van der Waals surface area contributed by atoms with Crippen LogP contribution in [-0.2, 0) is 0 Å². The van der Waals surface area contributed by atoms with Crippen molar-refractivity contribution in [3.63, 3.8) is 0 Å². The van der Waals surface area contributed by atoms with Gasteiger partial charge in [0.05, 0.1) is 26.9 Å². The van der Waals surface area contributed by atoms with Gasteiger partial charge < -0.3 is 0 Å². The number of nitro benzene ring substituents is 2. The molecule has 0 aliphatic heterocycles. The van der Waals surface area contributed by atoms with Crippen molar-refractivity contribution in [1.82, 2.24) is 20.4 Å². The second-order valence-corrected chi connectivity index (χ2v) is 6.16. The smallest absolute Gasteiger partial charge is 0.267 e. The van der Waals surface area contributed by atoms with Crippen LogP contribution in [0.25, 0.3) is 5.69 Å². The van der Waals surface area contributed by atoms with E-state index in [-0.39, 0.29) is 16.9 Å². The van der Waals surface area contributed by atoms with Crippen LogP contribution < -0.4 is 5.43 Å². The topological polar surface area (TPSA) is 158 Å². The van der Waals surface area contributed by atoms with E-state index in [9.17, 15) is 25.0 Å². The van der Waals surface area contributed by atoms with E-state index >= 15 is 0 Å². The SMILES string of the molecule is CC(=NNC(=O)c1cccc([N+](=O)[O-])c1)c1nnn(-c2cccc([N+](=O)[O-])c2)c1C. The molecule has 0 atom stereocenters. The molecule has 0 saturated heterocycles. The molecule has 0 saturated carbocycles. The normalized spacial score (nSPS) is 11.2. The van der Waals surface area contributed by atoms with Crippen molar-refractivity contribution in [2.75, 3.05) is 0 Å². The van der Waals surface area contributed by atoms with E-state index < -0.39 is 15.8 Å². The average Bonchev–Trinajstić information content (AvgIpc) is 3.13. The summed E-state index contributed by atoms with van der Waals surface area (Å²) in [5.41, 5.74) is 3.83. The second kappa shape index (κ2) is 8.26. The van der Waals surface area contributed by atoms with Crippen molar-refractivity contribution in [1.29, 1.82) is 0 Å². The van der Waals surface area contributed by atoms with Crippen LogP contribution in [0.5, 0.6) is 0 Å². The summed E-state index contributed by atoms with van der Waals surface area (Å²) in [6.07, 6.45) is 0. The first-order valence-electron chi connectivity index (χ1n) is 8.54. The number of hydrogen-bond acceptors (Lipinski definition) is 8. The second-order valence-electron chi connectivity index (χ2n) is 6.16. The molecule has 0 bridgehead atoms. The predicted octanol–water partition coefficient (Wildman–Crippen LogP) is 2.55. The van der Waals surface area contributed by atoms with Gasteiger partial charge in [-0.25, -0.2) is 10.1 Å². The van der Waals surface area contributed by atoms with Gasteiger partial charge in [0.15, 0.2) is 0 Å². The van der Waals surface area contributed by atoms with Gasteiger partial charge >= 0.3 is 0 Å². The van der Waals surface area contributed by atoms with Gasteiger partial charge in [-0.15, -0.1) is 5.10 Å². The zero-order valence-corrected chi connectivity index (χ0v) is 15.8. The number of nitro groups is 2. The fourth-order valence-electron chi connectivity index (χ4n) is 2.66. The number of rotatable bonds is 6. The molecule has 12 heteroatoms. The van der Waals surface area contributed by atoms with Crippen LogP contribution in [0.2, 0.25) is 0 Å². The maximum Gasteiger partial charge on any atom is 0.271 e. The third-order valence-corrected chi connectivity index (χ3v) is 4.17. The molecule has 0 fully saturated rings. The van der Waals surface area contributed by atoms with Gasteiger partial charge in [0.25, 0.3) is 17.3 Å². The lowest BCUT2D eigenvalue weighted by Crippen LogP contribution is -2.19. The molecule has 0 aliphatic rings. The fraction of sp³-hybridized carbons (Fsp3) is 0.111. The number of carbonyl (C=O) groups excluding carboxylic acids is 1. The molecule has 3 rings (SSSR count). The summed E-state index contributed by atoms with van der Waals surface area (Å²) in [4.78, 5) is 32.9. The summed E-state index contributed by atoms with van der Waals surface area (Å²) in [6.45, 7) is 3.30. The third-order valence-electron chi connectivity index (χ3n) is 4.17. The quantitative estimate of drug-likeness (QED) is 0.372. The van der Waals surface area contributed by atoms with Crippen LogP contribution in [0.3, 0.4) is 0 Å². The Balaban J connectivity index is 1.81. The Morgan fingerprint density at radius 1 is 1.07 bits per heavy atom. The third kappa shape index (κ3) is 4.16. The van der Waals surface area contributed by atoms with Crippen LogP contribution in [-0.4, -0.2) is 36.5 Å². The van der Waals surface area contributed by atoms with E-state index in [1.807, 2.05) is 0 Å². The van der Waals surface area contributed by atoms with Crippen LogP contribution in [0.1, 0.15) is 28.7 Å². The Kier molecular flexibility index (Phi) is 5.58. The number of non-ortho nitro benzene ring substituents is 2. The van der Waals surface area contributed by atoms with Gasteiger partial charge in [-0.1, -0.05) is 17.3 Å². The number of aromatic nitrogens is 3. The highest BCUT2D eigenvalue weighted by atomic mass is 16.6. The number of nitrogens with zero attached hydrogens (tertiary/aromatic N) is 6. The maximum absolute atomic E-state index is 12.2. The highest BCUT2D eigenvalue weighted by molar-refractivity contribution is 6.00. The molecule has 12 nitrogen and oxygen atoms in total. The van der Waals surface area contributed by atoms with Gasteiger partial charge in [0.1, 0.15) is 5.69 Å². The van der Waals surface area contributed by atoms with Crippen molar-refractivity contribution in [3.8, 4) is 5.69 Å². The molecular weight excluding hydrogens is 394 g/mol. The molecule has 1 amide bonds. The minimum atomic E-state index is -0.623. The van der Waals surface area contributed by atoms with E-state index in [2.05, 4.69) is 20.8 Å². The van der Waals surface area contributed by atoms with Crippen molar-refractivity contribution < 1.29 is 14.6 Å². The molecule has 0 aliphatic carbocycles. The molecule has 152 valence electrons. The Morgan fingerprint density at radius 3 is 2.37 bits per heavy atom. The van der Waals surface area contributed by atoms with Crippen LogP contribution in [0.4, 0.5) is 11.4 Å². The van der Waals surface area contributed by atoms with E-state index in [1.54, 1.807) is 19.9 Å². The van der Waals surface area contributed by atoms with Gasteiger partial charge in [-0.05, 0) is 26.0 Å². The van der Waals surface area contributed by atoms with Gasteiger partial charge in [-0.3, -0.25) is 25.0 Å². The van der Waals surface area contributed by atoms with Crippen molar-refractivity contribution in [2.24, 2.45) is 5.10 Å². The lowest BCUT2D eigenvalue weighted by molar-refractivity contribution is -0.385. The molecule has 0 unspecified atom stereocenters. The molecular formula is C18H15N7O5. The molecule has 1 aromatic heterocycles. The Bertz CT molecular complexity index is 1190. The van der Waals surface area contributed by atoms with Gasteiger partial charge in [0, 0.05) is 29.8 Å². The molecule has 0 radical (unpaired) electrons. The zero-order valence-electron chi connectivity index (χ0n) is 15.8. The van der Waals surface area contributed by atoms with E-state index in [1.165, 1.54) is 41.1 Å². The van der Waals surface area contributed by atoms with Crippen molar-refractivity contribution >= 4 is 23.0 Å². The fourth-order valence-corrected chi connectivity index (χ4v) is 2.66. The Hall–Kier alpha value is -4.48. The summed E-state index contributed by atoms with van der Waals surface area (Å²) in [5, 5.41) is 33.8. The Labute approximate surface area is 169 Å². The van der Waals surface area contributed by atoms with E-state index in [4.69, 9.17) is 0 Å². The largest absolute Gasteiger partial charge is 0.271 e. The van der Waals surface area contributed by atoms with Crippen LogP contribution in [0.15, 0.2) is 53.6 Å². The predicted molar refractivity (Wildman–Crippen MR) is 106 cm³/mol. The number of hydrogen-bond donors (Lipinski definition) is 1. The molecule has 30 heavy (non-hydrogen) atoms. The lowest BCUT2D eigenvalue weighted by atomic mass is 10.2. The summed E-state index contributed by atoms with van der Waals surface area (Å²) in [5.74, 6) is -0.623. The standard InChI is InChI=1S/C18H15N7O5/c1-11(19-21-18(26)13-5-3-7-15(9-13)24(27)28)17-12(2)23(22-20-17)14-6-4-8-16(10-14)25(29)30/h3-10H,1-2H3,(H,21,26). The zero-order chi connectivity index (χ0) is 21.8. The molecule has 3 aromatic rings. The van der Waals surface area contributed by atoms with Crippen molar-refractivity contribution in [3.05, 3.63) is 85.7 Å². The van der Waals surface area contributed by atoms with Crippen LogP contribution in [0, 0.1) is 27.2 Å². The monoisotopic (exact) mass is 409 g/mol. The first kappa shape index (κ1) is 20.3. The first-order valence-corrected chi connectivity index (χ1v) is 8.54. The molecule has 1 N–H and O–H groups in total. The summed E-state index contributed by atoms with van der Waals surface area (Å²) in [6, 6.07) is 11.2. The van der Waals surface area contributed by atoms with E-state index in [0.29, 0.717) is 22.8 Å². The maximum atomic E-state index is 12.2. The number of nitrogens with one attached hydrogen (secondary N) is 1. The van der Waals surface area contributed by atoms with Crippen LogP contribution >= 0.6 is 0 Å². The lowest BCUT2D eigenvalue weighted by Gasteiger charge is -2.04. The summed E-state index contributed by atoms with van der Waals surface area (Å²) < 4.78 is 1.42.